The predicted octanol–water partition coefficient (Wildman–Crippen LogP) is 2.53. The molecule has 1 amide bonds. The van der Waals surface area contributed by atoms with Gasteiger partial charge in [-0.25, -0.2) is 4.79 Å². The molecule has 0 aliphatic carbocycles. The Hall–Kier alpha value is -1.49. The molecule has 0 bridgehead atoms. The molecule has 1 aromatic rings. The zero-order chi connectivity index (χ0) is 15.0. The maximum Gasteiger partial charge on any atom is 0.326 e. The number of thiol groups is 1. The summed E-state index contributed by atoms with van der Waals surface area (Å²) in [6.45, 7) is 2.09. The van der Waals surface area contributed by atoms with Crippen LogP contribution in [0.2, 0.25) is 0 Å². The van der Waals surface area contributed by atoms with Crippen molar-refractivity contribution in [1.29, 1.82) is 0 Å². The minimum atomic E-state index is -1.03. The lowest BCUT2D eigenvalue weighted by molar-refractivity contribution is -0.139. The summed E-state index contributed by atoms with van der Waals surface area (Å²) < 4.78 is 0. The topological polar surface area (TPSA) is 66.4 Å². The zero-order valence-electron chi connectivity index (χ0n) is 11.6. The fraction of sp³-hybridized carbons (Fsp3) is 0.467. The normalized spacial score (nSPS) is 11.9. The number of aryl methyl sites for hydroxylation is 1. The van der Waals surface area contributed by atoms with Gasteiger partial charge in [0.2, 0.25) is 0 Å². The van der Waals surface area contributed by atoms with Gasteiger partial charge in [0, 0.05) is 5.56 Å². The van der Waals surface area contributed by atoms with Crippen LogP contribution in [-0.4, -0.2) is 28.8 Å². The van der Waals surface area contributed by atoms with E-state index in [4.69, 9.17) is 5.11 Å². The summed E-state index contributed by atoms with van der Waals surface area (Å²) in [5.41, 5.74) is 1.52. The molecule has 110 valence electrons. The average molecular weight is 295 g/mol. The first-order chi connectivity index (χ1) is 9.60. The SMILES string of the molecule is CCCCc1ccccc1C(=O)N[C@@H](CCS)C(=O)O. The van der Waals surface area contributed by atoms with Crippen LogP contribution in [0.1, 0.15) is 42.1 Å². The molecule has 5 heteroatoms. The van der Waals surface area contributed by atoms with E-state index in [0.717, 1.165) is 24.8 Å². The van der Waals surface area contributed by atoms with Gasteiger partial charge in [-0.15, -0.1) is 0 Å². The third kappa shape index (κ3) is 4.89. The molecule has 0 saturated heterocycles. The van der Waals surface area contributed by atoms with Crippen molar-refractivity contribution in [3.8, 4) is 0 Å². The number of hydrogen-bond donors (Lipinski definition) is 3. The Morgan fingerprint density at radius 2 is 2.05 bits per heavy atom. The van der Waals surface area contributed by atoms with Gasteiger partial charge < -0.3 is 10.4 Å². The highest BCUT2D eigenvalue weighted by Crippen LogP contribution is 2.12. The summed E-state index contributed by atoms with van der Waals surface area (Å²) in [6.07, 6.45) is 3.18. The first-order valence-electron chi connectivity index (χ1n) is 6.82. The third-order valence-electron chi connectivity index (χ3n) is 3.08. The molecule has 0 aromatic heterocycles. The molecule has 0 fully saturated rings. The number of carboxylic acids is 1. The number of hydrogen-bond acceptors (Lipinski definition) is 3. The van der Waals surface area contributed by atoms with Gasteiger partial charge in [-0.2, -0.15) is 12.6 Å². The smallest absolute Gasteiger partial charge is 0.326 e. The Labute approximate surface area is 125 Å². The van der Waals surface area contributed by atoms with Gasteiger partial charge in [0.05, 0.1) is 0 Å². The molecule has 0 radical (unpaired) electrons. The highest BCUT2D eigenvalue weighted by molar-refractivity contribution is 7.80. The number of benzene rings is 1. The number of amides is 1. The molecule has 20 heavy (non-hydrogen) atoms. The summed E-state index contributed by atoms with van der Waals surface area (Å²) >= 11 is 4.02. The lowest BCUT2D eigenvalue weighted by atomic mass is 10.0. The van der Waals surface area contributed by atoms with E-state index >= 15 is 0 Å². The second-order valence-electron chi connectivity index (χ2n) is 4.64. The molecule has 0 heterocycles. The van der Waals surface area contributed by atoms with Crippen LogP contribution in [0.5, 0.6) is 0 Å². The Bertz CT molecular complexity index is 462. The van der Waals surface area contributed by atoms with Gasteiger partial charge >= 0.3 is 5.97 Å². The van der Waals surface area contributed by atoms with Crippen LogP contribution >= 0.6 is 12.6 Å². The molecule has 0 aliphatic rings. The quantitative estimate of drug-likeness (QED) is 0.646. The standard InChI is InChI=1S/C15H21NO3S/c1-2-3-6-11-7-4-5-8-12(11)14(17)16-13(9-10-20)15(18)19/h4-5,7-8,13,20H,2-3,6,9-10H2,1H3,(H,16,17)(H,18,19)/t13-/m0/s1. The highest BCUT2D eigenvalue weighted by atomic mass is 32.1. The van der Waals surface area contributed by atoms with Crippen molar-refractivity contribution in [3.05, 3.63) is 35.4 Å². The van der Waals surface area contributed by atoms with E-state index < -0.39 is 12.0 Å². The molecule has 4 nitrogen and oxygen atoms in total. The third-order valence-corrected chi connectivity index (χ3v) is 3.34. The Balaban J connectivity index is 2.82. The van der Waals surface area contributed by atoms with Crippen LogP contribution in [0.4, 0.5) is 0 Å². The maximum absolute atomic E-state index is 12.2. The maximum atomic E-state index is 12.2. The van der Waals surface area contributed by atoms with Gasteiger partial charge in [-0.05, 0) is 36.6 Å². The van der Waals surface area contributed by atoms with Crippen molar-refractivity contribution in [2.45, 2.75) is 38.6 Å². The molecule has 1 rings (SSSR count). The summed E-state index contributed by atoms with van der Waals surface area (Å²) in [6, 6.07) is 6.45. The van der Waals surface area contributed by atoms with Gasteiger partial charge in [0.25, 0.3) is 5.91 Å². The van der Waals surface area contributed by atoms with Crippen LogP contribution in [0.25, 0.3) is 0 Å². The summed E-state index contributed by atoms with van der Waals surface area (Å²) in [5, 5.41) is 11.6. The highest BCUT2D eigenvalue weighted by Gasteiger charge is 2.20. The van der Waals surface area contributed by atoms with Crippen molar-refractivity contribution in [2.24, 2.45) is 0 Å². The lowest BCUT2D eigenvalue weighted by Crippen LogP contribution is -2.41. The molecular formula is C15H21NO3S. The second-order valence-corrected chi connectivity index (χ2v) is 5.08. The average Bonchev–Trinajstić information content (AvgIpc) is 2.44. The van der Waals surface area contributed by atoms with Crippen molar-refractivity contribution in [3.63, 3.8) is 0 Å². The summed E-state index contributed by atoms with van der Waals surface area (Å²) in [7, 11) is 0. The molecular weight excluding hydrogens is 274 g/mol. The van der Waals surface area contributed by atoms with Crippen molar-refractivity contribution >= 4 is 24.5 Å². The monoisotopic (exact) mass is 295 g/mol. The van der Waals surface area contributed by atoms with Crippen molar-refractivity contribution < 1.29 is 14.7 Å². The molecule has 0 saturated carbocycles. The number of rotatable bonds is 8. The Kier molecular flexibility index (Phi) is 7.15. The van der Waals surface area contributed by atoms with E-state index in [1.807, 2.05) is 12.1 Å². The minimum absolute atomic E-state index is 0.307. The molecule has 1 atom stereocenters. The first-order valence-corrected chi connectivity index (χ1v) is 7.45. The van der Waals surface area contributed by atoms with E-state index in [0.29, 0.717) is 17.7 Å². The fourth-order valence-electron chi connectivity index (χ4n) is 1.95. The van der Waals surface area contributed by atoms with Crippen LogP contribution in [0.15, 0.2) is 24.3 Å². The number of aliphatic carboxylic acids is 1. The fourth-order valence-corrected chi connectivity index (χ4v) is 2.21. The van der Waals surface area contributed by atoms with E-state index in [2.05, 4.69) is 24.9 Å². The first kappa shape index (κ1) is 16.6. The number of carbonyl (C=O) groups is 2. The van der Waals surface area contributed by atoms with Crippen LogP contribution in [-0.2, 0) is 11.2 Å². The Morgan fingerprint density at radius 3 is 2.65 bits per heavy atom. The van der Waals surface area contributed by atoms with Crippen molar-refractivity contribution in [1.82, 2.24) is 5.32 Å². The van der Waals surface area contributed by atoms with E-state index in [9.17, 15) is 9.59 Å². The van der Waals surface area contributed by atoms with Gasteiger partial charge in [-0.3, -0.25) is 4.79 Å². The molecule has 0 unspecified atom stereocenters. The van der Waals surface area contributed by atoms with Gasteiger partial charge in [0.15, 0.2) is 0 Å². The predicted molar refractivity (Wildman–Crippen MR) is 82.4 cm³/mol. The molecule has 1 aromatic carbocycles. The van der Waals surface area contributed by atoms with Crippen LogP contribution < -0.4 is 5.32 Å². The van der Waals surface area contributed by atoms with E-state index in [1.165, 1.54) is 0 Å². The molecule has 2 N–H and O–H groups in total. The summed E-state index contributed by atoms with van der Waals surface area (Å²) in [4.78, 5) is 23.3. The van der Waals surface area contributed by atoms with Crippen LogP contribution in [0.3, 0.4) is 0 Å². The largest absolute Gasteiger partial charge is 0.480 e. The van der Waals surface area contributed by atoms with Crippen LogP contribution in [0, 0.1) is 0 Å². The summed E-state index contributed by atoms with van der Waals surface area (Å²) in [5.74, 6) is -0.946. The number of nitrogens with one attached hydrogen (secondary N) is 1. The number of carboxylic acid groups (broad SMARTS) is 1. The van der Waals surface area contributed by atoms with Gasteiger partial charge in [0.1, 0.15) is 6.04 Å². The molecule has 0 aliphatic heterocycles. The lowest BCUT2D eigenvalue weighted by Gasteiger charge is -2.15. The number of carbonyl (C=O) groups excluding carboxylic acids is 1. The second kappa shape index (κ2) is 8.64. The van der Waals surface area contributed by atoms with E-state index in [-0.39, 0.29) is 5.91 Å². The number of unbranched alkanes of at least 4 members (excludes halogenated alkanes) is 1. The molecule has 0 spiro atoms. The minimum Gasteiger partial charge on any atom is -0.480 e. The Morgan fingerprint density at radius 1 is 1.35 bits per heavy atom. The van der Waals surface area contributed by atoms with Crippen molar-refractivity contribution in [2.75, 3.05) is 5.75 Å². The van der Waals surface area contributed by atoms with E-state index in [1.54, 1.807) is 12.1 Å². The zero-order valence-corrected chi connectivity index (χ0v) is 12.5. The van der Waals surface area contributed by atoms with Gasteiger partial charge in [-0.1, -0.05) is 31.5 Å².